The molecule has 0 unspecified atom stereocenters. The molecule has 0 N–H and O–H groups in total. The zero-order chi connectivity index (χ0) is 15.8. The van der Waals surface area contributed by atoms with Gasteiger partial charge in [0, 0.05) is 19.7 Å². The molecule has 0 aliphatic carbocycles. The first-order valence-electron chi connectivity index (χ1n) is 7.39. The fourth-order valence-corrected chi connectivity index (χ4v) is 2.26. The van der Waals surface area contributed by atoms with Crippen molar-refractivity contribution in [2.24, 2.45) is 0 Å². The number of nitrogens with zero attached hydrogens (tertiary/aromatic N) is 1. The van der Waals surface area contributed by atoms with Crippen molar-refractivity contribution in [3.05, 3.63) is 77.9 Å². The molecule has 0 aliphatic rings. The third-order valence-corrected chi connectivity index (χ3v) is 3.28. The number of carbonyl (C=O) groups is 1. The first-order chi connectivity index (χ1) is 10.7. The van der Waals surface area contributed by atoms with Crippen molar-refractivity contribution in [1.82, 2.24) is 4.90 Å². The summed E-state index contributed by atoms with van der Waals surface area (Å²) < 4.78 is 5.05. The molecule has 0 heterocycles. The van der Waals surface area contributed by atoms with Gasteiger partial charge in [-0.15, -0.1) is 0 Å². The van der Waals surface area contributed by atoms with Crippen molar-refractivity contribution < 1.29 is 9.53 Å². The Labute approximate surface area is 131 Å². The van der Waals surface area contributed by atoms with Gasteiger partial charge in [0.1, 0.15) is 0 Å². The van der Waals surface area contributed by atoms with E-state index < -0.39 is 0 Å². The average Bonchev–Trinajstić information content (AvgIpc) is 2.54. The fourth-order valence-electron chi connectivity index (χ4n) is 2.26. The highest BCUT2D eigenvalue weighted by Gasteiger charge is 2.11. The summed E-state index contributed by atoms with van der Waals surface area (Å²) in [5, 5.41) is 0. The number of rotatable bonds is 6. The zero-order valence-electron chi connectivity index (χ0n) is 13.0. The Hall–Kier alpha value is -2.55. The van der Waals surface area contributed by atoms with Gasteiger partial charge in [-0.25, -0.2) is 4.79 Å². The molecule has 0 saturated carbocycles. The molecule has 2 aromatic rings. The molecule has 0 bridgehead atoms. The van der Waals surface area contributed by atoms with Crippen LogP contribution in [0.2, 0.25) is 0 Å². The molecule has 0 atom stereocenters. The summed E-state index contributed by atoms with van der Waals surface area (Å²) in [6, 6.07) is 20.0. The van der Waals surface area contributed by atoms with Crippen LogP contribution < -0.4 is 0 Å². The number of carbonyl (C=O) groups excluding carboxylic acids is 1. The van der Waals surface area contributed by atoms with E-state index in [1.54, 1.807) is 6.08 Å². The fraction of sp³-hybridized carbons (Fsp3) is 0.211. The van der Waals surface area contributed by atoms with Crippen LogP contribution in [0.5, 0.6) is 0 Å². The smallest absolute Gasteiger partial charge is 0.332 e. The van der Waals surface area contributed by atoms with Gasteiger partial charge >= 0.3 is 5.97 Å². The van der Waals surface area contributed by atoms with E-state index in [4.69, 9.17) is 4.74 Å². The molecule has 0 radical (unpaired) electrons. The molecule has 114 valence electrons. The summed E-state index contributed by atoms with van der Waals surface area (Å²) in [5.41, 5.74) is 3.03. The largest absolute Gasteiger partial charge is 0.463 e. The highest BCUT2D eigenvalue weighted by atomic mass is 16.5. The Balaban J connectivity index is 2.26. The van der Waals surface area contributed by atoms with Gasteiger partial charge in [0.2, 0.25) is 0 Å². The monoisotopic (exact) mass is 295 g/mol. The molecular formula is C19H21NO2. The van der Waals surface area contributed by atoms with Gasteiger partial charge in [-0.05, 0) is 18.1 Å². The van der Waals surface area contributed by atoms with Gasteiger partial charge < -0.3 is 9.64 Å². The summed E-state index contributed by atoms with van der Waals surface area (Å²) in [5.74, 6) is -0.318. The van der Waals surface area contributed by atoms with E-state index in [-0.39, 0.29) is 5.97 Å². The second kappa shape index (κ2) is 8.03. The molecule has 0 saturated heterocycles. The lowest BCUT2D eigenvalue weighted by Crippen LogP contribution is -2.18. The third kappa shape index (κ3) is 4.48. The van der Waals surface area contributed by atoms with Crippen LogP contribution in [0, 0.1) is 0 Å². The average molecular weight is 295 g/mol. The molecule has 22 heavy (non-hydrogen) atoms. The van der Waals surface area contributed by atoms with Crippen LogP contribution in [0.15, 0.2) is 66.7 Å². The molecule has 0 fully saturated rings. The van der Waals surface area contributed by atoms with Crippen molar-refractivity contribution in [1.29, 1.82) is 0 Å². The van der Waals surface area contributed by atoms with Gasteiger partial charge in [0.25, 0.3) is 0 Å². The minimum atomic E-state index is -0.318. The van der Waals surface area contributed by atoms with E-state index in [1.807, 2.05) is 62.5 Å². The number of hydrogen-bond donors (Lipinski definition) is 0. The standard InChI is InChI=1S/C19H21NO2/c1-3-22-19(21)14-18(17-12-8-5-9-13-17)20(2)15-16-10-6-4-7-11-16/h4-14H,3,15H2,1-2H3/b18-14+. The summed E-state index contributed by atoms with van der Waals surface area (Å²) in [7, 11) is 1.98. The second-order valence-corrected chi connectivity index (χ2v) is 4.99. The van der Waals surface area contributed by atoms with E-state index in [0.717, 1.165) is 17.8 Å². The van der Waals surface area contributed by atoms with Crippen LogP contribution in [-0.4, -0.2) is 24.5 Å². The van der Waals surface area contributed by atoms with Gasteiger partial charge in [-0.2, -0.15) is 0 Å². The van der Waals surface area contributed by atoms with Crippen LogP contribution >= 0.6 is 0 Å². The topological polar surface area (TPSA) is 29.5 Å². The van der Waals surface area contributed by atoms with E-state index in [0.29, 0.717) is 6.61 Å². The van der Waals surface area contributed by atoms with E-state index in [2.05, 4.69) is 17.0 Å². The minimum absolute atomic E-state index is 0.318. The van der Waals surface area contributed by atoms with Gasteiger partial charge in [0.05, 0.1) is 12.3 Å². The Morgan fingerprint density at radius 1 is 1.05 bits per heavy atom. The van der Waals surface area contributed by atoms with Gasteiger partial charge in [-0.1, -0.05) is 60.7 Å². The highest BCUT2D eigenvalue weighted by molar-refractivity contribution is 5.90. The molecule has 3 heteroatoms. The maximum absolute atomic E-state index is 11.9. The van der Waals surface area contributed by atoms with E-state index in [1.165, 1.54) is 5.56 Å². The third-order valence-electron chi connectivity index (χ3n) is 3.28. The minimum Gasteiger partial charge on any atom is -0.463 e. The predicted octanol–water partition coefficient (Wildman–Crippen LogP) is 3.72. The Morgan fingerprint density at radius 2 is 1.64 bits per heavy atom. The molecule has 0 aliphatic heterocycles. The van der Waals surface area contributed by atoms with Crippen LogP contribution in [0.25, 0.3) is 5.70 Å². The number of benzene rings is 2. The van der Waals surface area contributed by atoms with Crippen molar-refractivity contribution >= 4 is 11.7 Å². The number of ether oxygens (including phenoxy) is 1. The van der Waals surface area contributed by atoms with Gasteiger partial charge in [0.15, 0.2) is 0 Å². The molecule has 3 nitrogen and oxygen atoms in total. The molecule has 0 amide bonds. The highest BCUT2D eigenvalue weighted by Crippen LogP contribution is 2.20. The van der Waals surface area contributed by atoms with Crippen LogP contribution in [0.1, 0.15) is 18.1 Å². The Bertz CT molecular complexity index is 620. The summed E-state index contributed by atoms with van der Waals surface area (Å²) >= 11 is 0. The number of esters is 1. The van der Waals surface area contributed by atoms with E-state index in [9.17, 15) is 4.79 Å². The zero-order valence-corrected chi connectivity index (χ0v) is 13.0. The normalized spacial score (nSPS) is 11.1. The van der Waals surface area contributed by atoms with Crippen molar-refractivity contribution in [2.75, 3.05) is 13.7 Å². The Kier molecular flexibility index (Phi) is 5.78. The van der Waals surface area contributed by atoms with Crippen LogP contribution in [0.3, 0.4) is 0 Å². The van der Waals surface area contributed by atoms with Gasteiger partial charge in [-0.3, -0.25) is 0 Å². The molecular weight excluding hydrogens is 274 g/mol. The first kappa shape index (κ1) is 15.8. The molecule has 2 rings (SSSR count). The SMILES string of the molecule is CCOC(=O)/C=C(\c1ccccc1)N(C)Cc1ccccc1. The van der Waals surface area contributed by atoms with E-state index >= 15 is 0 Å². The quantitative estimate of drug-likeness (QED) is 0.601. The Morgan fingerprint density at radius 3 is 2.23 bits per heavy atom. The van der Waals surface area contributed by atoms with Crippen molar-refractivity contribution in [3.8, 4) is 0 Å². The van der Waals surface area contributed by atoms with Crippen LogP contribution in [0.4, 0.5) is 0 Å². The first-order valence-corrected chi connectivity index (χ1v) is 7.39. The summed E-state index contributed by atoms with van der Waals surface area (Å²) in [4.78, 5) is 13.9. The lowest BCUT2D eigenvalue weighted by molar-refractivity contribution is -0.137. The predicted molar refractivity (Wildman–Crippen MR) is 89.0 cm³/mol. The summed E-state index contributed by atoms with van der Waals surface area (Å²) in [6.45, 7) is 2.91. The second-order valence-electron chi connectivity index (χ2n) is 4.99. The maximum atomic E-state index is 11.9. The lowest BCUT2D eigenvalue weighted by atomic mass is 10.1. The molecule has 2 aromatic carbocycles. The molecule has 0 aromatic heterocycles. The maximum Gasteiger partial charge on any atom is 0.332 e. The molecule has 0 spiro atoms. The summed E-state index contributed by atoms with van der Waals surface area (Å²) in [6.07, 6.45) is 1.56. The van der Waals surface area contributed by atoms with Crippen molar-refractivity contribution in [3.63, 3.8) is 0 Å². The van der Waals surface area contributed by atoms with Crippen molar-refractivity contribution in [2.45, 2.75) is 13.5 Å². The van der Waals surface area contributed by atoms with Crippen LogP contribution in [-0.2, 0) is 16.1 Å². The lowest BCUT2D eigenvalue weighted by Gasteiger charge is -2.23. The number of hydrogen-bond acceptors (Lipinski definition) is 3.